The lowest BCUT2D eigenvalue weighted by atomic mass is 10.1. The molecule has 0 bridgehead atoms. The van der Waals surface area contributed by atoms with E-state index < -0.39 is 0 Å². The lowest BCUT2D eigenvalue weighted by molar-refractivity contribution is 0.0652. The van der Waals surface area contributed by atoms with E-state index in [-0.39, 0.29) is 11.8 Å². The number of nitrogens with one attached hydrogen (secondary N) is 1. The van der Waals surface area contributed by atoms with Crippen LogP contribution in [0.3, 0.4) is 0 Å². The number of carbonyl (C=O) groups excluding carboxylic acids is 2. The number of hydrogen-bond donors (Lipinski definition) is 1. The fraction of sp³-hybridized carbons (Fsp3) is 0.385. The minimum absolute atomic E-state index is 0.166. The van der Waals surface area contributed by atoms with Crippen molar-refractivity contribution in [2.75, 3.05) is 18.9 Å². The molecule has 0 fully saturated rings. The van der Waals surface area contributed by atoms with Gasteiger partial charge in [-0.25, -0.2) is 0 Å². The SMILES string of the molecule is CCCCN1C(=O)c2ccc(NC)cc2C1=O. The highest BCUT2D eigenvalue weighted by atomic mass is 16.2. The smallest absolute Gasteiger partial charge is 0.261 e. The summed E-state index contributed by atoms with van der Waals surface area (Å²) in [5.41, 5.74) is 1.88. The number of anilines is 1. The van der Waals surface area contributed by atoms with Gasteiger partial charge in [-0.15, -0.1) is 0 Å². The molecule has 17 heavy (non-hydrogen) atoms. The maximum absolute atomic E-state index is 12.1. The fourth-order valence-electron chi connectivity index (χ4n) is 1.97. The Bertz CT molecular complexity index is 468. The quantitative estimate of drug-likeness (QED) is 0.809. The van der Waals surface area contributed by atoms with Crippen LogP contribution in [0.25, 0.3) is 0 Å². The molecule has 1 N–H and O–H groups in total. The minimum Gasteiger partial charge on any atom is -0.388 e. The Morgan fingerprint density at radius 1 is 1.18 bits per heavy atom. The Hall–Kier alpha value is -1.84. The number of imide groups is 1. The Kier molecular flexibility index (Phi) is 3.13. The van der Waals surface area contributed by atoms with Gasteiger partial charge in [0.2, 0.25) is 0 Å². The van der Waals surface area contributed by atoms with E-state index in [4.69, 9.17) is 0 Å². The molecule has 4 heteroatoms. The van der Waals surface area contributed by atoms with E-state index in [2.05, 4.69) is 5.32 Å². The number of carbonyl (C=O) groups is 2. The molecule has 0 saturated heterocycles. The molecule has 1 aromatic rings. The standard InChI is InChI=1S/C13H16N2O2/c1-3-4-7-15-12(16)10-6-5-9(14-2)8-11(10)13(15)17/h5-6,8,14H,3-4,7H2,1-2H3. The predicted molar refractivity (Wildman–Crippen MR) is 66.3 cm³/mol. The first kappa shape index (κ1) is 11.6. The van der Waals surface area contributed by atoms with Crippen molar-refractivity contribution >= 4 is 17.5 Å². The second-order valence-corrected chi connectivity index (χ2v) is 4.13. The van der Waals surface area contributed by atoms with E-state index >= 15 is 0 Å². The van der Waals surface area contributed by atoms with Crippen LogP contribution < -0.4 is 5.32 Å². The highest BCUT2D eigenvalue weighted by Crippen LogP contribution is 2.25. The van der Waals surface area contributed by atoms with Crippen molar-refractivity contribution < 1.29 is 9.59 Å². The maximum Gasteiger partial charge on any atom is 0.261 e. The van der Waals surface area contributed by atoms with Gasteiger partial charge in [0.25, 0.3) is 11.8 Å². The first-order valence-corrected chi connectivity index (χ1v) is 5.87. The number of benzene rings is 1. The van der Waals surface area contributed by atoms with E-state index in [0.29, 0.717) is 17.7 Å². The number of hydrogen-bond acceptors (Lipinski definition) is 3. The minimum atomic E-state index is -0.171. The molecule has 4 nitrogen and oxygen atoms in total. The van der Waals surface area contributed by atoms with Gasteiger partial charge in [-0.05, 0) is 24.6 Å². The molecule has 0 aliphatic carbocycles. The van der Waals surface area contributed by atoms with Gasteiger partial charge in [-0.3, -0.25) is 14.5 Å². The van der Waals surface area contributed by atoms with E-state index in [1.54, 1.807) is 19.2 Å². The average molecular weight is 232 g/mol. The van der Waals surface area contributed by atoms with Crippen molar-refractivity contribution in [2.24, 2.45) is 0 Å². The van der Waals surface area contributed by atoms with Crippen LogP contribution in [0.2, 0.25) is 0 Å². The van der Waals surface area contributed by atoms with Crippen LogP contribution in [0.15, 0.2) is 18.2 Å². The first-order valence-electron chi connectivity index (χ1n) is 5.87. The molecular weight excluding hydrogens is 216 g/mol. The van der Waals surface area contributed by atoms with Crippen LogP contribution in [-0.2, 0) is 0 Å². The normalized spacial score (nSPS) is 14.1. The Labute approximate surface area is 101 Å². The summed E-state index contributed by atoms with van der Waals surface area (Å²) in [5.74, 6) is -0.336. The van der Waals surface area contributed by atoms with Crippen LogP contribution in [-0.4, -0.2) is 30.3 Å². The zero-order chi connectivity index (χ0) is 12.4. The highest BCUT2D eigenvalue weighted by molar-refractivity contribution is 6.21. The van der Waals surface area contributed by atoms with Crippen LogP contribution >= 0.6 is 0 Å². The Morgan fingerprint density at radius 2 is 1.88 bits per heavy atom. The molecule has 0 aromatic heterocycles. The second kappa shape index (κ2) is 4.57. The summed E-state index contributed by atoms with van der Waals surface area (Å²) < 4.78 is 0. The number of nitrogens with zero attached hydrogens (tertiary/aromatic N) is 1. The summed E-state index contributed by atoms with van der Waals surface area (Å²) in [6.45, 7) is 2.55. The molecular formula is C13H16N2O2. The molecule has 1 heterocycles. The lowest BCUT2D eigenvalue weighted by Crippen LogP contribution is -2.30. The first-order chi connectivity index (χ1) is 8.19. The molecule has 1 aromatic carbocycles. The second-order valence-electron chi connectivity index (χ2n) is 4.13. The zero-order valence-electron chi connectivity index (χ0n) is 10.1. The van der Waals surface area contributed by atoms with E-state index in [1.807, 2.05) is 13.0 Å². The third-order valence-corrected chi connectivity index (χ3v) is 2.99. The van der Waals surface area contributed by atoms with Gasteiger partial charge >= 0.3 is 0 Å². The number of unbranched alkanes of at least 4 members (excludes halogenated alkanes) is 1. The van der Waals surface area contributed by atoms with Crippen molar-refractivity contribution in [1.82, 2.24) is 4.90 Å². The topological polar surface area (TPSA) is 49.4 Å². The van der Waals surface area contributed by atoms with E-state index in [1.165, 1.54) is 4.90 Å². The van der Waals surface area contributed by atoms with Gasteiger partial charge in [-0.2, -0.15) is 0 Å². The van der Waals surface area contributed by atoms with Gasteiger partial charge in [0.15, 0.2) is 0 Å². The number of fused-ring (bicyclic) bond motifs is 1. The molecule has 1 aliphatic rings. The monoisotopic (exact) mass is 232 g/mol. The lowest BCUT2D eigenvalue weighted by Gasteiger charge is -2.12. The van der Waals surface area contributed by atoms with Crippen LogP contribution in [0.5, 0.6) is 0 Å². The van der Waals surface area contributed by atoms with Gasteiger partial charge in [0.05, 0.1) is 11.1 Å². The van der Waals surface area contributed by atoms with Crippen molar-refractivity contribution in [3.8, 4) is 0 Å². The summed E-state index contributed by atoms with van der Waals surface area (Å²) in [6, 6.07) is 5.27. The summed E-state index contributed by atoms with van der Waals surface area (Å²) in [5, 5.41) is 2.97. The molecule has 0 atom stereocenters. The number of amides is 2. The molecule has 1 aliphatic heterocycles. The summed E-state index contributed by atoms with van der Waals surface area (Å²) in [4.78, 5) is 25.4. The van der Waals surface area contributed by atoms with Crippen LogP contribution in [0.4, 0.5) is 5.69 Å². The summed E-state index contributed by atoms with van der Waals surface area (Å²) in [6.07, 6.45) is 1.82. The third kappa shape index (κ3) is 1.90. The molecule has 0 radical (unpaired) electrons. The molecule has 0 spiro atoms. The van der Waals surface area contributed by atoms with Gasteiger partial charge < -0.3 is 5.32 Å². The van der Waals surface area contributed by atoms with Crippen molar-refractivity contribution in [1.29, 1.82) is 0 Å². The average Bonchev–Trinajstić information content (AvgIpc) is 2.59. The highest BCUT2D eigenvalue weighted by Gasteiger charge is 2.34. The van der Waals surface area contributed by atoms with Crippen molar-refractivity contribution in [3.05, 3.63) is 29.3 Å². The molecule has 90 valence electrons. The van der Waals surface area contributed by atoms with Crippen LogP contribution in [0, 0.1) is 0 Å². The van der Waals surface area contributed by atoms with E-state index in [0.717, 1.165) is 18.5 Å². The molecule has 0 unspecified atom stereocenters. The summed E-state index contributed by atoms with van der Waals surface area (Å²) in [7, 11) is 1.79. The van der Waals surface area contributed by atoms with Gasteiger partial charge in [0.1, 0.15) is 0 Å². The zero-order valence-corrected chi connectivity index (χ0v) is 10.1. The van der Waals surface area contributed by atoms with Gasteiger partial charge in [0, 0.05) is 19.3 Å². The maximum atomic E-state index is 12.1. The van der Waals surface area contributed by atoms with Crippen molar-refractivity contribution in [2.45, 2.75) is 19.8 Å². The Morgan fingerprint density at radius 3 is 2.53 bits per heavy atom. The molecule has 2 rings (SSSR count). The van der Waals surface area contributed by atoms with Crippen LogP contribution in [0.1, 0.15) is 40.5 Å². The largest absolute Gasteiger partial charge is 0.388 e. The van der Waals surface area contributed by atoms with Gasteiger partial charge in [-0.1, -0.05) is 13.3 Å². The molecule has 2 amide bonds. The summed E-state index contributed by atoms with van der Waals surface area (Å²) >= 11 is 0. The Balaban J connectivity index is 2.32. The third-order valence-electron chi connectivity index (χ3n) is 2.99. The predicted octanol–water partition coefficient (Wildman–Crippen LogP) is 2.12. The van der Waals surface area contributed by atoms with E-state index in [9.17, 15) is 9.59 Å². The van der Waals surface area contributed by atoms with Crippen molar-refractivity contribution in [3.63, 3.8) is 0 Å². The molecule has 0 saturated carbocycles. The number of rotatable bonds is 4. The fourth-order valence-corrected chi connectivity index (χ4v) is 1.97.